The van der Waals surface area contributed by atoms with Crippen LogP contribution >= 0.6 is 11.8 Å². The summed E-state index contributed by atoms with van der Waals surface area (Å²) in [5.41, 5.74) is 2.82. The maximum absolute atomic E-state index is 6.70. The largest absolute Gasteiger partial charge is 0.455 e. The van der Waals surface area contributed by atoms with Crippen molar-refractivity contribution in [1.82, 2.24) is 0 Å². The molecule has 0 radical (unpaired) electrons. The Balaban J connectivity index is 2.50. The van der Waals surface area contributed by atoms with Gasteiger partial charge in [-0.1, -0.05) is 50.6 Å². The van der Waals surface area contributed by atoms with Gasteiger partial charge in [0.1, 0.15) is 0 Å². The molecule has 1 rings (SSSR count). The number of thioether (sulfide) groups is 1. The average Bonchev–Trinajstić information content (AvgIpc) is 2.49. The zero-order valence-corrected chi connectivity index (χ0v) is 19.4. The molecule has 0 bridgehead atoms. The van der Waals surface area contributed by atoms with Crippen molar-refractivity contribution < 1.29 is 4.12 Å². The summed E-state index contributed by atoms with van der Waals surface area (Å²) in [7, 11) is -3.05. The molecule has 1 aromatic rings. The predicted molar refractivity (Wildman–Crippen MR) is 117 cm³/mol. The van der Waals surface area contributed by atoms with E-state index in [1.807, 2.05) is 11.8 Å². The Hall–Kier alpha value is -0.296. The van der Waals surface area contributed by atoms with Crippen LogP contribution in [0, 0.1) is 0 Å². The Labute approximate surface area is 156 Å². The molecular formula is C20H36OSSi2. The SMILES string of the molecule is C=C(C)SCc1ccc(CC[Si](C)(C)O[Si](C)(C)CCCC)cc1. The highest BCUT2D eigenvalue weighted by molar-refractivity contribution is 8.02. The molecule has 0 saturated heterocycles. The molecule has 0 aliphatic carbocycles. The van der Waals surface area contributed by atoms with Crippen molar-refractivity contribution in [1.29, 1.82) is 0 Å². The summed E-state index contributed by atoms with van der Waals surface area (Å²) in [4.78, 5) is 1.18. The minimum absolute atomic E-state index is 1.02. The third-order valence-corrected chi connectivity index (χ3v) is 12.6. The molecular weight excluding hydrogens is 344 g/mol. The molecule has 0 aliphatic rings. The first kappa shape index (κ1) is 21.7. The van der Waals surface area contributed by atoms with E-state index in [2.05, 4.69) is 70.9 Å². The zero-order chi connectivity index (χ0) is 18.2. The number of unbranched alkanes of at least 4 members (excludes halogenated alkanes) is 1. The van der Waals surface area contributed by atoms with Crippen molar-refractivity contribution in [3.05, 3.63) is 46.9 Å². The highest BCUT2D eigenvalue weighted by Gasteiger charge is 2.32. The second-order valence-electron chi connectivity index (χ2n) is 8.03. The molecule has 0 spiro atoms. The van der Waals surface area contributed by atoms with Crippen LogP contribution in [-0.4, -0.2) is 16.6 Å². The number of rotatable bonds is 11. The van der Waals surface area contributed by atoms with Crippen LogP contribution in [0.25, 0.3) is 0 Å². The quantitative estimate of drug-likeness (QED) is 0.375. The van der Waals surface area contributed by atoms with E-state index in [0.717, 1.165) is 12.2 Å². The van der Waals surface area contributed by atoms with Crippen LogP contribution in [0.2, 0.25) is 38.3 Å². The maximum Gasteiger partial charge on any atom is 0.173 e. The molecule has 24 heavy (non-hydrogen) atoms. The first-order valence-electron chi connectivity index (χ1n) is 9.20. The third-order valence-electron chi connectivity index (χ3n) is 4.21. The third kappa shape index (κ3) is 9.26. The Bertz CT molecular complexity index is 509. The molecule has 0 amide bonds. The van der Waals surface area contributed by atoms with Crippen LogP contribution < -0.4 is 0 Å². The second-order valence-corrected chi connectivity index (χ2v) is 18.2. The first-order chi connectivity index (χ1) is 11.1. The monoisotopic (exact) mass is 380 g/mol. The lowest BCUT2D eigenvalue weighted by molar-refractivity contribution is 0.532. The molecule has 0 aromatic heterocycles. The molecule has 0 N–H and O–H groups in total. The van der Waals surface area contributed by atoms with Gasteiger partial charge in [-0.2, -0.15) is 0 Å². The van der Waals surface area contributed by atoms with E-state index in [1.54, 1.807) is 0 Å². The lowest BCUT2D eigenvalue weighted by Crippen LogP contribution is -2.44. The minimum atomic E-state index is -1.57. The van der Waals surface area contributed by atoms with Gasteiger partial charge in [0.15, 0.2) is 16.6 Å². The van der Waals surface area contributed by atoms with Gasteiger partial charge in [-0.05, 0) is 67.7 Å². The van der Waals surface area contributed by atoms with Crippen LogP contribution in [0.15, 0.2) is 35.7 Å². The van der Waals surface area contributed by atoms with Gasteiger partial charge >= 0.3 is 0 Å². The predicted octanol–water partition coefficient (Wildman–Crippen LogP) is 7.22. The number of aryl methyl sites for hydroxylation is 1. The zero-order valence-electron chi connectivity index (χ0n) is 16.6. The summed E-state index contributed by atoms with van der Waals surface area (Å²) in [6, 6.07) is 11.6. The van der Waals surface area contributed by atoms with Gasteiger partial charge in [-0.3, -0.25) is 0 Å². The van der Waals surface area contributed by atoms with Gasteiger partial charge in [0.25, 0.3) is 0 Å². The molecule has 136 valence electrons. The minimum Gasteiger partial charge on any atom is -0.455 e. The fourth-order valence-electron chi connectivity index (χ4n) is 2.91. The van der Waals surface area contributed by atoms with Gasteiger partial charge in [-0.15, -0.1) is 11.8 Å². The highest BCUT2D eigenvalue weighted by atomic mass is 32.2. The molecule has 0 heterocycles. The van der Waals surface area contributed by atoms with Crippen molar-refractivity contribution >= 4 is 28.4 Å². The maximum atomic E-state index is 6.70. The molecule has 4 heteroatoms. The van der Waals surface area contributed by atoms with E-state index in [9.17, 15) is 0 Å². The van der Waals surface area contributed by atoms with Crippen LogP contribution in [0.3, 0.4) is 0 Å². The summed E-state index contributed by atoms with van der Waals surface area (Å²) in [5.74, 6) is 1.02. The number of hydrogen-bond donors (Lipinski definition) is 0. The second kappa shape index (κ2) is 10.00. The van der Waals surface area contributed by atoms with Crippen molar-refractivity contribution in [2.24, 2.45) is 0 Å². The smallest absolute Gasteiger partial charge is 0.173 e. The van der Waals surface area contributed by atoms with Gasteiger partial charge in [0.2, 0.25) is 0 Å². The lowest BCUT2D eigenvalue weighted by atomic mass is 10.1. The van der Waals surface area contributed by atoms with E-state index in [1.165, 1.54) is 41.0 Å². The average molecular weight is 381 g/mol. The van der Waals surface area contributed by atoms with E-state index in [4.69, 9.17) is 4.12 Å². The van der Waals surface area contributed by atoms with Crippen molar-refractivity contribution in [3.63, 3.8) is 0 Å². The van der Waals surface area contributed by atoms with Gasteiger partial charge in [0.05, 0.1) is 0 Å². The summed E-state index contributed by atoms with van der Waals surface area (Å²) in [5, 5.41) is 0. The van der Waals surface area contributed by atoms with E-state index < -0.39 is 16.6 Å². The van der Waals surface area contributed by atoms with Crippen molar-refractivity contribution in [2.45, 2.75) is 77.1 Å². The number of benzene rings is 1. The Morgan fingerprint density at radius 3 is 2.08 bits per heavy atom. The molecule has 0 saturated carbocycles. The van der Waals surface area contributed by atoms with Crippen molar-refractivity contribution in [2.75, 3.05) is 0 Å². The summed E-state index contributed by atoms with van der Waals surface area (Å²) >= 11 is 1.82. The molecule has 0 aliphatic heterocycles. The van der Waals surface area contributed by atoms with Gasteiger partial charge in [0, 0.05) is 5.75 Å². The number of hydrogen-bond acceptors (Lipinski definition) is 2. The van der Waals surface area contributed by atoms with Crippen LogP contribution in [0.4, 0.5) is 0 Å². The lowest BCUT2D eigenvalue weighted by Gasteiger charge is -2.34. The molecule has 1 nitrogen and oxygen atoms in total. The van der Waals surface area contributed by atoms with Crippen molar-refractivity contribution in [3.8, 4) is 0 Å². The fourth-order valence-corrected chi connectivity index (χ4v) is 12.4. The Morgan fingerprint density at radius 1 is 1.00 bits per heavy atom. The van der Waals surface area contributed by atoms with Gasteiger partial charge in [-0.25, -0.2) is 0 Å². The van der Waals surface area contributed by atoms with Crippen LogP contribution in [0.5, 0.6) is 0 Å². The topological polar surface area (TPSA) is 9.23 Å². The molecule has 0 unspecified atom stereocenters. The molecule has 1 aromatic carbocycles. The van der Waals surface area contributed by atoms with E-state index in [0.29, 0.717) is 0 Å². The summed E-state index contributed by atoms with van der Waals surface area (Å²) < 4.78 is 6.70. The Kier molecular flexibility index (Phi) is 9.06. The Morgan fingerprint density at radius 2 is 1.54 bits per heavy atom. The highest BCUT2D eigenvalue weighted by Crippen LogP contribution is 2.25. The summed E-state index contributed by atoms with van der Waals surface area (Å²) in [6.45, 7) is 17.9. The van der Waals surface area contributed by atoms with E-state index in [-0.39, 0.29) is 0 Å². The normalized spacial score (nSPS) is 12.4. The molecule has 0 fully saturated rings. The van der Waals surface area contributed by atoms with Gasteiger partial charge < -0.3 is 4.12 Å². The molecule has 0 atom stereocenters. The van der Waals surface area contributed by atoms with Crippen LogP contribution in [0.1, 0.15) is 37.8 Å². The fraction of sp³-hybridized carbons (Fsp3) is 0.600. The number of allylic oxidation sites excluding steroid dienone is 1. The standard InChI is InChI=1S/C20H36OSSi2/c1-8-9-15-23(4,5)21-24(6,7)16-14-19-10-12-20(13-11-19)17-22-18(2)3/h10-13H,2,8-9,14-17H2,1,3-7H3. The first-order valence-corrected chi connectivity index (χ1v) is 16.4. The summed E-state index contributed by atoms with van der Waals surface area (Å²) in [6.07, 6.45) is 3.73. The van der Waals surface area contributed by atoms with Crippen LogP contribution in [-0.2, 0) is 16.3 Å². The van der Waals surface area contributed by atoms with E-state index >= 15 is 0 Å².